The largest absolute Gasteiger partial charge is 0.326 e. The van der Waals surface area contributed by atoms with Crippen molar-refractivity contribution in [2.45, 2.75) is 12.8 Å². The molecule has 0 aliphatic carbocycles. The molecular weight excluding hydrogens is 302 g/mol. The third-order valence-corrected chi connectivity index (χ3v) is 5.18. The van der Waals surface area contributed by atoms with Crippen LogP contribution in [0.2, 0.25) is 0 Å². The van der Waals surface area contributed by atoms with Gasteiger partial charge in [0, 0.05) is 19.3 Å². The fourth-order valence-corrected chi connectivity index (χ4v) is 3.09. The minimum absolute atomic E-state index is 0.00860. The molecule has 122 valence electrons. The van der Waals surface area contributed by atoms with Crippen LogP contribution >= 0.6 is 0 Å². The van der Waals surface area contributed by atoms with E-state index in [1.54, 1.807) is 24.3 Å². The molecule has 1 aromatic carbocycles. The number of carbonyl (C=O) groups excluding carboxylic acids is 1. The van der Waals surface area contributed by atoms with Crippen LogP contribution in [-0.4, -0.2) is 52.7 Å². The van der Waals surface area contributed by atoms with Crippen LogP contribution in [0.5, 0.6) is 0 Å². The van der Waals surface area contributed by atoms with E-state index in [1.165, 1.54) is 11.4 Å². The van der Waals surface area contributed by atoms with Gasteiger partial charge in [-0.05, 0) is 44.6 Å². The van der Waals surface area contributed by atoms with Gasteiger partial charge in [0.05, 0.1) is 17.9 Å². The van der Waals surface area contributed by atoms with Gasteiger partial charge in [-0.15, -0.1) is 0 Å². The first-order valence-electron chi connectivity index (χ1n) is 7.31. The molecule has 7 heteroatoms. The molecule has 0 radical (unpaired) electrons. The van der Waals surface area contributed by atoms with Crippen molar-refractivity contribution in [2.75, 3.05) is 43.1 Å². The number of nitrogens with zero attached hydrogens (tertiary/aromatic N) is 2. The van der Waals surface area contributed by atoms with Crippen LogP contribution in [-0.2, 0) is 14.8 Å². The van der Waals surface area contributed by atoms with Gasteiger partial charge in [0.15, 0.2) is 0 Å². The summed E-state index contributed by atoms with van der Waals surface area (Å²) in [6, 6.07) is 6.88. The Hall–Kier alpha value is -1.60. The zero-order chi connectivity index (χ0) is 16.3. The zero-order valence-electron chi connectivity index (χ0n) is 13.2. The van der Waals surface area contributed by atoms with Crippen molar-refractivity contribution in [3.05, 3.63) is 24.3 Å². The molecule has 1 aliphatic heterocycles. The van der Waals surface area contributed by atoms with Crippen LogP contribution in [0.15, 0.2) is 24.3 Å². The highest BCUT2D eigenvalue weighted by Crippen LogP contribution is 2.22. The van der Waals surface area contributed by atoms with Crippen molar-refractivity contribution >= 4 is 27.3 Å². The van der Waals surface area contributed by atoms with Gasteiger partial charge in [0.25, 0.3) is 0 Å². The molecule has 6 nitrogen and oxygen atoms in total. The number of anilines is 2. The number of piperidine rings is 1. The molecule has 1 atom stereocenters. The van der Waals surface area contributed by atoms with Gasteiger partial charge in [0.1, 0.15) is 0 Å². The minimum atomic E-state index is -3.31. The molecule has 0 spiro atoms. The summed E-state index contributed by atoms with van der Waals surface area (Å²) >= 11 is 0. The van der Waals surface area contributed by atoms with E-state index < -0.39 is 10.0 Å². The van der Waals surface area contributed by atoms with Gasteiger partial charge in [-0.1, -0.05) is 6.07 Å². The first-order valence-corrected chi connectivity index (χ1v) is 9.15. The van der Waals surface area contributed by atoms with Crippen LogP contribution in [0.3, 0.4) is 0 Å². The summed E-state index contributed by atoms with van der Waals surface area (Å²) < 4.78 is 24.4. The van der Waals surface area contributed by atoms with Crippen molar-refractivity contribution in [3.63, 3.8) is 0 Å². The van der Waals surface area contributed by atoms with E-state index in [9.17, 15) is 13.2 Å². The average molecular weight is 325 g/mol. The van der Waals surface area contributed by atoms with Crippen molar-refractivity contribution in [3.8, 4) is 0 Å². The third kappa shape index (κ3) is 4.20. The molecule has 0 bridgehead atoms. The molecule has 1 amide bonds. The number of benzene rings is 1. The van der Waals surface area contributed by atoms with Crippen LogP contribution in [0.1, 0.15) is 12.8 Å². The highest BCUT2D eigenvalue weighted by Gasteiger charge is 2.24. The highest BCUT2D eigenvalue weighted by atomic mass is 32.2. The second-order valence-electron chi connectivity index (χ2n) is 5.87. The molecule has 0 aromatic heterocycles. The van der Waals surface area contributed by atoms with Crippen LogP contribution in [0.25, 0.3) is 0 Å². The first-order chi connectivity index (χ1) is 10.3. The average Bonchev–Trinajstić information content (AvgIpc) is 2.45. The predicted octanol–water partition coefficient (Wildman–Crippen LogP) is 1.36. The number of hydrogen-bond acceptors (Lipinski definition) is 4. The van der Waals surface area contributed by atoms with Crippen LogP contribution < -0.4 is 9.62 Å². The van der Waals surface area contributed by atoms with E-state index in [0.29, 0.717) is 11.4 Å². The molecular formula is C15H23N3O3S. The second kappa shape index (κ2) is 6.66. The number of amides is 1. The standard InChI is InChI=1S/C15H23N3O3S/c1-17-9-5-6-12(11-17)15(19)16-13-7-4-8-14(10-13)18(2)22(3,20)21/h4,7-8,10,12H,5-6,9,11H2,1-3H3,(H,16,19). The molecule has 1 aliphatic rings. The maximum atomic E-state index is 12.3. The Balaban J connectivity index is 2.08. The summed E-state index contributed by atoms with van der Waals surface area (Å²) in [5, 5.41) is 2.89. The molecule has 1 aromatic rings. The van der Waals surface area contributed by atoms with Crippen molar-refractivity contribution in [1.82, 2.24) is 4.90 Å². The summed E-state index contributed by atoms with van der Waals surface area (Å²) in [5.74, 6) is -0.0271. The number of hydrogen-bond donors (Lipinski definition) is 1. The number of likely N-dealkylation sites (tertiary alicyclic amines) is 1. The zero-order valence-corrected chi connectivity index (χ0v) is 14.1. The van der Waals surface area contributed by atoms with Gasteiger partial charge in [-0.3, -0.25) is 9.10 Å². The summed E-state index contributed by atoms with van der Waals surface area (Å²) in [7, 11) is 0.193. The van der Waals surface area contributed by atoms with E-state index in [-0.39, 0.29) is 11.8 Å². The fraction of sp³-hybridized carbons (Fsp3) is 0.533. The highest BCUT2D eigenvalue weighted by molar-refractivity contribution is 7.92. The first kappa shape index (κ1) is 16.8. The number of nitrogens with one attached hydrogen (secondary N) is 1. The Labute approximate surface area is 132 Å². The predicted molar refractivity (Wildman–Crippen MR) is 88.5 cm³/mol. The smallest absolute Gasteiger partial charge is 0.231 e. The van der Waals surface area contributed by atoms with Crippen LogP contribution in [0, 0.1) is 5.92 Å². The van der Waals surface area contributed by atoms with Crippen molar-refractivity contribution in [1.29, 1.82) is 0 Å². The normalized spacial score (nSPS) is 19.7. The van der Waals surface area contributed by atoms with Gasteiger partial charge in [-0.2, -0.15) is 0 Å². The van der Waals surface area contributed by atoms with E-state index >= 15 is 0 Å². The van der Waals surface area contributed by atoms with Gasteiger partial charge in [-0.25, -0.2) is 8.42 Å². The van der Waals surface area contributed by atoms with E-state index in [0.717, 1.165) is 32.2 Å². The Kier molecular flexibility index (Phi) is 5.08. The molecule has 1 heterocycles. The van der Waals surface area contributed by atoms with E-state index in [2.05, 4.69) is 10.2 Å². The Morgan fingerprint density at radius 2 is 2.14 bits per heavy atom. The van der Waals surface area contributed by atoms with Crippen molar-refractivity contribution in [2.24, 2.45) is 5.92 Å². The lowest BCUT2D eigenvalue weighted by Gasteiger charge is -2.28. The van der Waals surface area contributed by atoms with E-state index in [4.69, 9.17) is 0 Å². The fourth-order valence-electron chi connectivity index (χ4n) is 2.60. The number of rotatable bonds is 4. The SMILES string of the molecule is CN1CCCC(C(=O)Nc2cccc(N(C)S(C)(=O)=O)c2)C1. The summed E-state index contributed by atoms with van der Waals surface area (Å²) in [6.45, 7) is 1.78. The maximum absolute atomic E-state index is 12.3. The van der Waals surface area contributed by atoms with E-state index in [1.807, 2.05) is 7.05 Å². The summed E-state index contributed by atoms with van der Waals surface area (Å²) in [6.07, 6.45) is 3.06. The van der Waals surface area contributed by atoms with Crippen molar-refractivity contribution < 1.29 is 13.2 Å². The molecule has 1 fully saturated rings. The molecule has 22 heavy (non-hydrogen) atoms. The molecule has 1 unspecified atom stereocenters. The Morgan fingerprint density at radius 3 is 2.77 bits per heavy atom. The quantitative estimate of drug-likeness (QED) is 0.907. The summed E-state index contributed by atoms with van der Waals surface area (Å²) in [4.78, 5) is 14.5. The molecule has 1 saturated heterocycles. The number of sulfonamides is 1. The topological polar surface area (TPSA) is 69.7 Å². The molecule has 2 rings (SSSR count). The Morgan fingerprint density at radius 1 is 1.41 bits per heavy atom. The summed E-state index contributed by atoms with van der Waals surface area (Å²) in [5.41, 5.74) is 1.15. The lowest BCUT2D eigenvalue weighted by molar-refractivity contribution is -0.121. The van der Waals surface area contributed by atoms with Crippen LogP contribution in [0.4, 0.5) is 11.4 Å². The van der Waals surface area contributed by atoms with Gasteiger partial charge in [0.2, 0.25) is 15.9 Å². The lowest BCUT2D eigenvalue weighted by atomic mass is 9.97. The molecule has 0 saturated carbocycles. The third-order valence-electron chi connectivity index (χ3n) is 3.97. The maximum Gasteiger partial charge on any atom is 0.231 e. The Bertz CT molecular complexity index is 645. The van der Waals surface area contributed by atoms with Gasteiger partial charge < -0.3 is 10.2 Å². The molecule has 1 N–H and O–H groups in total. The monoisotopic (exact) mass is 325 g/mol. The number of carbonyl (C=O) groups is 1. The second-order valence-corrected chi connectivity index (χ2v) is 7.89. The minimum Gasteiger partial charge on any atom is -0.326 e. The van der Waals surface area contributed by atoms with Gasteiger partial charge >= 0.3 is 0 Å². The lowest BCUT2D eigenvalue weighted by Crippen LogP contribution is -2.38.